The second-order valence-corrected chi connectivity index (χ2v) is 4.46. The van der Waals surface area contributed by atoms with Gasteiger partial charge in [-0.15, -0.1) is 5.10 Å². The van der Waals surface area contributed by atoms with Crippen LogP contribution >= 0.6 is 0 Å². The highest BCUT2D eigenvalue weighted by atomic mass is 16.5. The van der Waals surface area contributed by atoms with Crippen molar-refractivity contribution in [3.05, 3.63) is 5.69 Å². The topological polar surface area (TPSA) is 66.0 Å². The number of nitrogens with two attached hydrogens (primary N) is 1. The Balaban J connectivity index is 2.51. The fourth-order valence-corrected chi connectivity index (χ4v) is 1.33. The Kier molecular flexibility index (Phi) is 3.68. The lowest BCUT2D eigenvalue weighted by atomic mass is 10.2. The largest absolute Gasteiger partial charge is 0.381 e. The van der Waals surface area contributed by atoms with E-state index in [1.165, 1.54) is 0 Å². The summed E-state index contributed by atoms with van der Waals surface area (Å²) in [4.78, 5) is 0. The van der Waals surface area contributed by atoms with Crippen molar-refractivity contribution in [1.82, 2.24) is 15.0 Å². The molecule has 0 aliphatic carbocycles. The predicted octanol–water partition coefficient (Wildman–Crippen LogP) is 1.24. The third-order valence-electron chi connectivity index (χ3n) is 2.04. The highest BCUT2D eigenvalue weighted by molar-refractivity contribution is 5.32. The molecule has 0 fully saturated rings. The van der Waals surface area contributed by atoms with Gasteiger partial charge in [0.15, 0.2) is 5.82 Å². The highest BCUT2D eigenvalue weighted by Crippen LogP contribution is 2.09. The number of ether oxygens (including phenoxy) is 1. The Hall–Kier alpha value is -1.10. The minimum absolute atomic E-state index is 0.113. The molecule has 86 valence electrons. The fraction of sp³-hybridized carbons (Fsp3) is 0.800. The van der Waals surface area contributed by atoms with Gasteiger partial charge in [0.25, 0.3) is 0 Å². The van der Waals surface area contributed by atoms with Crippen LogP contribution in [0.2, 0.25) is 0 Å². The summed E-state index contributed by atoms with van der Waals surface area (Å²) < 4.78 is 7.42. The Labute approximate surface area is 90.6 Å². The van der Waals surface area contributed by atoms with E-state index in [1.54, 1.807) is 4.68 Å². The summed E-state index contributed by atoms with van der Waals surface area (Å²) in [6, 6.07) is 0. The normalized spacial score (nSPS) is 12.0. The van der Waals surface area contributed by atoms with Crippen LogP contribution < -0.4 is 5.73 Å². The molecule has 1 aromatic rings. The van der Waals surface area contributed by atoms with E-state index < -0.39 is 0 Å². The minimum Gasteiger partial charge on any atom is -0.381 e. The molecule has 0 unspecified atom stereocenters. The average Bonchev–Trinajstić information content (AvgIpc) is 2.44. The van der Waals surface area contributed by atoms with Gasteiger partial charge in [-0.25, -0.2) is 4.68 Å². The number of nitrogen functional groups attached to an aromatic ring is 1. The number of nitrogens with zero attached hydrogens (tertiary/aromatic N) is 3. The lowest BCUT2D eigenvalue weighted by Crippen LogP contribution is -2.22. The second-order valence-electron chi connectivity index (χ2n) is 4.46. The summed E-state index contributed by atoms with van der Waals surface area (Å²) in [7, 11) is 0. The van der Waals surface area contributed by atoms with Crippen LogP contribution in [-0.2, 0) is 17.7 Å². The second kappa shape index (κ2) is 4.61. The molecule has 5 nitrogen and oxygen atoms in total. The summed E-state index contributed by atoms with van der Waals surface area (Å²) in [6.07, 6.45) is 0.842. The predicted molar refractivity (Wildman–Crippen MR) is 59.5 cm³/mol. The van der Waals surface area contributed by atoms with Gasteiger partial charge >= 0.3 is 0 Å². The first kappa shape index (κ1) is 12.0. The van der Waals surface area contributed by atoms with Crippen LogP contribution in [0, 0.1) is 0 Å². The monoisotopic (exact) mass is 212 g/mol. The molecule has 15 heavy (non-hydrogen) atoms. The molecular formula is C10H20N4O. The van der Waals surface area contributed by atoms with Crippen LogP contribution in [0.15, 0.2) is 0 Å². The molecule has 1 aromatic heterocycles. The maximum atomic E-state index is 5.67. The summed E-state index contributed by atoms with van der Waals surface area (Å²) in [5.74, 6) is 0.522. The summed E-state index contributed by atoms with van der Waals surface area (Å²) in [5.41, 5.74) is 6.54. The Morgan fingerprint density at radius 2 is 2.07 bits per heavy atom. The summed E-state index contributed by atoms with van der Waals surface area (Å²) in [6.45, 7) is 9.45. The van der Waals surface area contributed by atoms with Crippen LogP contribution in [-0.4, -0.2) is 27.2 Å². The number of hydrogen-bond acceptors (Lipinski definition) is 4. The van der Waals surface area contributed by atoms with Crippen molar-refractivity contribution < 1.29 is 4.74 Å². The molecule has 0 amide bonds. The van der Waals surface area contributed by atoms with Crippen molar-refractivity contribution in [2.45, 2.75) is 46.3 Å². The quantitative estimate of drug-likeness (QED) is 0.815. The maximum Gasteiger partial charge on any atom is 0.169 e. The van der Waals surface area contributed by atoms with Crippen molar-refractivity contribution in [1.29, 1.82) is 0 Å². The fourth-order valence-electron chi connectivity index (χ4n) is 1.33. The van der Waals surface area contributed by atoms with E-state index >= 15 is 0 Å². The molecular weight excluding hydrogens is 192 g/mol. The van der Waals surface area contributed by atoms with E-state index in [1.807, 2.05) is 27.7 Å². The zero-order valence-corrected chi connectivity index (χ0v) is 9.95. The molecule has 0 radical (unpaired) electrons. The summed E-state index contributed by atoms with van der Waals surface area (Å²) in [5, 5.41) is 7.81. The number of aromatic nitrogens is 3. The van der Waals surface area contributed by atoms with Gasteiger partial charge in [0, 0.05) is 0 Å². The minimum atomic E-state index is -0.113. The zero-order valence-electron chi connectivity index (χ0n) is 9.95. The van der Waals surface area contributed by atoms with Gasteiger partial charge in [0.05, 0.1) is 24.4 Å². The smallest absolute Gasteiger partial charge is 0.169 e. The van der Waals surface area contributed by atoms with E-state index in [9.17, 15) is 0 Å². The Morgan fingerprint density at radius 3 is 2.60 bits per heavy atom. The molecule has 0 aliphatic rings. The van der Waals surface area contributed by atoms with E-state index in [0.717, 1.165) is 12.1 Å². The maximum absolute atomic E-state index is 5.67. The van der Waals surface area contributed by atoms with Crippen molar-refractivity contribution in [3.63, 3.8) is 0 Å². The molecule has 1 rings (SSSR count). The molecule has 0 atom stereocenters. The number of anilines is 1. The first-order valence-corrected chi connectivity index (χ1v) is 5.26. The lowest BCUT2D eigenvalue weighted by molar-refractivity contribution is -0.00829. The van der Waals surface area contributed by atoms with Crippen molar-refractivity contribution in [3.8, 4) is 0 Å². The Bertz CT molecular complexity index is 314. The first-order valence-electron chi connectivity index (χ1n) is 5.26. The van der Waals surface area contributed by atoms with Gasteiger partial charge in [0.1, 0.15) is 0 Å². The third-order valence-corrected chi connectivity index (χ3v) is 2.04. The molecule has 0 spiro atoms. The van der Waals surface area contributed by atoms with E-state index in [-0.39, 0.29) is 5.60 Å². The van der Waals surface area contributed by atoms with Gasteiger partial charge in [-0.3, -0.25) is 0 Å². The van der Waals surface area contributed by atoms with Crippen molar-refractivity contribution in [2.75, 3.05) is 12.3 Å². The van der Waals surface area contributed by atoms with Crippen molar-refractivity contribution >= 4 is 5.82 Å². The molecule has 0 aliphatic heterocycles. The van der Waals surface area contributed by atoms with Gasteiger partial charge in [-0.1, -0.05) is 12.1 Å². The van der Waals surface area contributed by atoms with Crippen LogP contribution in [0.25, 0.3) is 0 Å². The molecule has 2 N–H and O–H groups in total. The zero-order chi connectivity index (χ0) is 11.5. The van der Waals surface area contributed by atoms with Crippen LogP contribution in [0.3, 0.4) is 0 Å². The van der Waals surface area contributed by atoms with Crippen molar-refractivity contribution in [2.24, 2.45) is 0 Å². The Morgan fingerprint density at radius 1 is 1.40 bits per heavy atom. The van der Waals surface area contributed by atoms with Crippen LogP contribution in [0.4, 0.5) is 5.82 Å². The van der Waals surface area contributed by atoms with Gasteiger partial charge in [0.2, 0.25) is 0 Å². The third kappa shape index (κ3) is 3.51. The van der Waals surface area contributed by atoms with Crippen LogP contribution in [0.5, 0.6) is 0 Å². The molecule has 5 heteroatoms. The molecule has 0 saturated carbocycles. The molecule has 1 heterocycles. The summed E-state index contributed by atoms with van der Waals surface area (Å²) >= 11 is 0. The number of rotatable bonds is 4. The van der Waals surface area contributed by atoms with E-state index in [0.29, 0.717) is 19.0 Å². The first-order chi connectivity index (χ1) is 6.94. The standard InChI is InChI=1S/C10H20N4O/c1-5-8-9(11)12-13-14(8)6-7-15-10(2,3)4/h5-7,11H2,1-4H3. The van der Waals surface area contributed by atoms with E-state index in [2.05, 4.69) is 10.3 Å². The molecule has 0 aromatic carbocycles. The molecule has 0 bridgehead atoms. The lowest BCUT2D eigenvalue weighted by Gasteiger charge is -2.19. The molecule has 0 saturated heterocycles. The average molecular weight is 212 g/mol. The van der Waals surface area contributed by atoms with Gasteiger partial charge in [-0.05, 0) is 27.2 Å². The SMILES string of the molecule is CCc1c(N)nnn1CCOC(C)(C)C. The number of hydrogen-bond donors (Lipinski definition) is 1. The van der Waals surface area contributed by atoms with Gasteiger partial charge < -0.3 is 10.5 Å². The van der Waals surface area contributed by atoms with E-state index in [4.69, 9.17) is 10.5 Å². The van der Waals surface area contributed by atoms with Gasteiger partial charge in [-0.2, -0.15) is 0 Å². The highest BCUT2D eigenvalue weighted by Gasteiger charge is 2.11. The van der Waals surface area contributed by atoms with Crippen LogP contribution in [0.1, 0.15) is 33.4 Å².